The largest absolute Gasteiger partial charge is 0.374 e. The van der Waals surface area contributed by atoms with Crippen molar-refractivity contribution in [2.75, 3.05) is 19.7 Å². The molecule has 0 spiro atoms. The smallest absolute Gasteiger partial charge is 0.147 e. The molecule has 118 valence electrons. The summed E-state index contributed by atoms with van der Waals surface area (Å²) >= 11 is 0. The van der Waals surface area contributed by atoms with Gasteiger partial charge in [0.2, 0.25) is 0 Å². The molecule has 3 heterocycles. The average molecular weight is 301 g/mol. The van der Waals surface area contributed by atoms with Gasteiger partial charge in [-0.05, 0) is 32.4 Å². The molecule has 0 bridgehead atoms. The summed E-state index contributed by atoms with van der Waals surface area (Å²) in [5.74, 6) is 1.76. The fraction of sp³-hybridized carbons (Fsp3) is 0.562. The van der Waals surface area contributed by atoms with E-state index in [0.717, 1.165) is 37.9 Å². The Labute approximate surface area is 131 Å². The predicted molar refractivity (Wildman–Crippen MR) is 83.5 cm³/mol. The third-order valence-electron chi connectivity index (χ3n) is 4.22. The van der Waals surface area contributed by atoms with Gasteiger partial charge < -0.3 is 4.74 Å². The van der Waals surface area contributed by atoms with E-state index in [1.165, 1.54) is 5.56 Å². The van der Waals surface area contributed by atoms with Crippen molar-refractivity contribution in [2.45, 2.75) is 39.5 Å². The van der Waals surface area contributed by atoms with Gasteiger partial charge in [-0.3, -0.25) is 9.88 Å². The third kappa shape index (κ3) is 3.34. The first kappa shape index (κ1) is 15.1. The topological polar surface area (TPSA) is 56.1 Å². The molecule has 1 saturated heterocycles. The average Bonchev–Trinajstić information content (AvgIpc) is 2.85. The van der Waals surface area contributed by atoms with Gasteiger partial charge in [-0.25, -0.2) is 9.67 Å². The predicted octanol–water partition coefficient (Wildman–Crippen LogP) is 1.75. The van der Waals surface area contributed by atoms with E-state index in [2.05, 4.69) is 33.0 Å². The van der Waals surface area contributed by atoms with Gasteiger partial charge in [0.05, 0.1) is 19.3 Å². The molecule has 1 fully saturated rings. The van der Waals surface area contributed by atoms with Crippen LogP contribution in [0.1, 0.15) is 30.2 Å². The number of hydrogen-bond donors (Lipinski definition) is 0. The Hall–Kier alpha value is -1.79. The van der Waals surface area contributed by atoms with E-state index >= 15 is 0 Å². The number of aromatic nitrogens is 4. The molecule has 0 aromatic carbocycles. The summed E-state index contributed by atoms with van der Waals surface area (Å²) in [5.41, 5.74) is 1.25. The van der Waals surface area contributed by atoms with Crippen molar-refractivity contribution in [3.63, 3.8) is 0 Å². The Morgan fingerprint density at radius 2 is 2.27 bits per heavy atom. The maximum absolute atomic E-state index is 5.92. The highest BCUT2D eigenvalue weighted by molar-refractivity contribution is 5.13. The normalized spacial score (nSPS) is 21.0. The summed E-state index contributed by atoms with van der Waals surface area (Å²) in [6.07, 6.45) is 3.90. The molecule has 6 heteroatoms. The lowest BCUT2D eigenvalue weighted by Gasteiger charge is -2.37. The van der Waals surface area contributed by atoms with Crippen molar-refractivity contribution in [1.82, 2.24) is 24.6 Å². The second-order valence-corrected chi connectivity index (χ2v) is 5.84. The van der Waals surface area contributed by atoms with Crippen LogP contribution in [0.3, 0.4) is 0 Å². The van der Waals surface area contributed by atoms with Crippen LogP contribution in [0, 0.1) is 13.8 Å². The van der Waals surface area contributed by atoms with Crippen LogP contribution in [0.15, 0.2) is 24.5 Å². The van der Waals surface area contributed by atoms with Crippen LogP contribution in [-0.2, 0) is 11.3 Å². The van der Waals surface area contributed by atoms with Crippen LogP contribution in [0.4, 0.5) is 0 Å². The van der Waals surface area contributed by atoms with Gasteiger partial charge in [0, 0.05) is 31.5 Å². The first-order chi connectivity index (χ1) is 10.6. The van der Waals surface area contributed by atoms with E-state index in [4.69, 9.17) is 4.74 Å². The summed E-state index contributed by atoms with van der Waals surface area (Å²) in [6, 6.07) is 4.47. The third-order valence-corrected chi connectivity index (χ3v) is 4.22. The van der Waals surface area contributed by atoms with E-state index in [1.807, 2.05) is 37.0 Å². The number of morpholine rings is 1. The molecule has 22 heavy (non-hydrogen) atoms. The molecule has 1 aliphatic heterocycles. The van der Waals surface area contributed by atoms with Gasteiger partial charge in [-0.1, -0.05) is 6.07 Å². The highest BCUT2D eigenvalue weighted by Crippen LogP contribution is 2.22. The van der Waals surface area contributed by atoms with Crippen LogP contribution in [0.25, 0.3) is 0 Å². The highest BCUT2D eigenvalue weighted by Gasteiger charge is 2.26. The minimum absolute atomic E-state index is 0.146. The Morgan fingerprint density at radius 3 is 2.95 bits per heavy atom. The molecule has 2 atom stereocenters. The second-order valence-electron chi connectivity index (χ2n) is 5.84. The van der Waals surface area contributed by atoms with Crippen molar-refractivity contribution in [3.8, 4) is 0 Å². The zero-order valence-corrected chi connectivity index (χ0v) is 13.4. The quantitative estimate of drug-likeness (QED) is 0.861. The number of aryl methyl sites for hydroxylation is 2. The van der Waals surface area contributed by atoms with Crippen molar-refractivity contribution >= 4 is 0 Å². The maximum Gasteiger partial charge on any atom is 0.147 e. The monoisotopic (exact) mass is 301 g/mol. The van der Waals surface area contributed by atoms with Crippen molar-refractivity contribution in [1.29, 1.82) is 0 Å². The Balaban J connectivity index is 1.65. The molecule has 2 aromatic heterocycles. The summed E-state index contributed by atoms with van der Waals surface area (Å²) in [6.45, 7) is 9.48. The standard InChI is InChI=1S/C16H23N5O/c1-12(15-5-4-6-17-9-15)20-7-8-22-16(10-20)11-21-14(3)18-13(2)19-21/h4-6,9,12,16H,7-8,10-11H2,1-3H3/t12-,16-/m0/s1. The van der Waals surface area contributed by atoms with Gasteiger partial charge >= 0.3 is 0 Å². The summed E-state index contributed by atoms with van der Waals surface area (Å²) < 4.78 is 7.86. The first-order valence-electron chi connectivity index (χ1n) is 7.77. The lowest BCUT2D eigenvalue weighted by atomic mass is 10.1. The SMILES string of the molecule is Cc1nc(C)n(C[C@@H]2CN([C@@H](C)c3cccnc3)CCO2)n1. The Bertz CT molecular complexity index is 612. The number of pyridine rings is 1. The summed E-state index contributed by atoms with van der Waals surface area (Å²) in [5, 5.41) is 4.43. The Morgan fingerprint density at radius 1 is 1.41 bits per heavy atom. The first-order valence-corrected chi connectivity index (χ1v) is 7.77. The fourth-order valence-electron chi connectivity index (χ4n) is 2.97. The van der Waals surface area contributed by atoms with Crippen molar-refractivity contribution in [2.24, 2.45) is 0 Å². The summed E-state index contributed by atoms with van der Waals surface area (Å²) in [4.78, 5) is 11.0. The van der Waals surface area contributed by atoms with Crippen LogP contribution < -0.4 is 0 Å². The molecule has 6 nitrogen and oxygen atoms in total. The molecule has 0 saturated carbocycles. The molecule has 1 aliphatic rings. The van der Waals surface area contributed by atoms with E-state index < -0.39 is 0 Å². The fourth-order valence-corrected chi connectivity index (χ4v) is 2.97. The molecule has 0 aliphatic carbocycles. The molecular weight excluding hydrogens is 278 g/mol. The van der Waals surface area contributed by atoms with Crippen LogP contribution in [0.2, 0.25) is 0 Å². The zero-order valence-electron chi connectivity index (χ0n) is 13.4. The Kier molecular flexibility index (Phi) is 4.49. The van der Waals surface area contributed by atoms with Gasteiger partial charge in [0.1, 0.15) is 11.6 Å². The van der Waals surface area contributed by atoms with Gasteiger partial charge in [0.25, 0.3) is 0 Å². The zero-order chi connectivity index (χ0) is 15.5. The number of nitrogens with zero attached hydrogens (tertiary/aromatic N) is 5. The van der Waals surface area contributed by atoms with Gasteiger partial charge in [-0.2, -0.15) is 5.10 Å². The molecular formula is C16H23N5O. The van der Waals surface area contributed by atoms with Crippen LogP contribution in [0.5, 0.6) is 0 Å². The van der Waals surface area contributed by atoms with Gasteiger partial charge in [-0.15, -0.1) is 0 Å². The van der Waals surface area contributed by atoms with Crippen LogP contribution >= 0.6 is 0 Å². The van der Waals surface area contributed by atoms with E-state index in [0.29, 0.717) is 6.04 Å². The highest BCUT2D eigenvalue weighted by atomic mass is 16.5. The lowest BCUT2D eigenvalue weighted by Crippen LogP contribution is -2.45. The minimum Gasteiger partial charge on any atom is -0.374 e. The number of ether oxygens (including phenoxy) is 1. The second kappa shape index (κ2) is 6.54. The molecule has 0 amide bonds. The van der Waals surface area contributed by atoms with E-state index in [1.54, 1.807) is 0 Å². The molecule has 0 unspecified atom stereocenters. The van der Waals surface area contributed by atoms with E-state index in [-0.39, 0.29) is 6.10 Å². The lowest BCUT2D eigenvalue weighted by molar-refractivity contribution is -0.0500. The van der Waals surface area contributed by atoms with Crippen molar-refractivity contribution < 1.29 is 4.74 Å². The summed E-state index contributed by atoms with van der Waals surface area (Å²) in [7, 11) is 0. The van der Waals surface area contributed by atoms with E-state index in [9.17, 15) is 0 Å². The molecule has 2 aromatic rings. The number of rotatable bonds is 4. The molecule has 0 N–H and O–H groups in total. The van der Waals surface area contributed by atoms with Gasteiger partial charge in [0.15, 0.2) is 0 Å². The number of hydrogen-bond acceptors (Lipinski definition) is 5. The maximum atomic E-state index is 5.92. The minimum atomic E-state index is 0.146. The van der Waals surface area contributed by atoms with Crippen LogP contribution in [-0.4, -0.2) is 50.4 Å². The molecule has 0 radical (unpaired) electrons. The molecule has 3 rings (SSSR count). The van der Waals surface area contributed by atoms with Crippen molar-refractivity contribution in [3.05, 3.63) is 41.7 Å².